The molecule has 2 aliphatic carbocycles. The average molecular weight is 782 g/mol. The zero-order valence-corrected chi connectivity index (χ0v) is 33.8. The number of benzene rings is 7. The van der Waals surface area contributed by atoms with Gasteiger partial charge >= 0.3 is 0 Å². The first kappa shape index (κ1) is 36.5. The Morgan fingerprint density at radius 3 is 1.82 bits per heavy atom. The maximum atomic E-state index is 5.42. The van der Waals surface area contributed by atoms with E-state index in [2.05, 4.69) is 223 Å². The van der Waals surface area contributed by atoms with Crippen molar-refractivity contribution < 1.29 is 0 Å². The van der Waals surface area contributed by atoms with Crippen LogP contribution >= 0.6 is 0 Å². The highest BCUT2D eigenvalue weighted by Crippen LogP contribution is 2.45. The monoisotopic (exact) mass is 781 g/mol. The summed E-state index contributed by atoms with van der Waals surface area (Å²) in [6.07, 6.45) is 18.7. The molecule has 2 aromatic heterocycles. The van der Waals surface area contributed by atoms with Crippen LogP contribution < -0.4 is 0 Å². The largest absolute Gasteiger partial charge is 0.308 e. The molecule has 0 radical (unpaired) electrons. The van der Waals surface area contributed by atoms with Gasteiger partial charge in [-0.1, -0.05) is 182 Å². The summed E-state index contributed by atoms with van der Waals surface area (Å²) < 4.78 is 2.52. The van der Waals surface area contributed by atoms with E-state index in [9.17, 15) is 0 Å². The molecule has 3 heteroatoms. The smallest absolute Gasteiger partial charge is 0.160 e. The van der Waals surface area contributed by atoms with E-state index in [1.54, 1.807) is 0 Å². The summed E-state index contributed by atoms with van der Waals surface area (Å²) in [6.45, 7) is 0. The Bertz CT molecular complexity index is 3190. The first-order valence-corrected chi connectivity index (χ1v) is 21.3. The first-order chi connectivity index (χ1) is 30.2. The van der Waals surface area contributed by atoms with Gasteiger partial charge in [-0.3, -0.25) is 0 Å². The van der Waals surface area contributed by atoms with E-state index >= 15 is 0 Å². The van der Waals surface area contributed by atoms with E-state index in [1.165, 1.54) is 55.3 Å². The van der Waals surface area contributed by atoms with E-state index in [0.29, 0.717) is 0 Å². The van der Waals surface area contributed by atoms with Gasteiger partial charge in [0.25, 0.3) is 0 Å². The normalized spacial score (nSPS) is 14.8. The minimum absolute atomic E-state index is 0.150. The summed E-state index contributed by atoms with van der Waals surface area (Å²) in [6, 6.07) is 63.6. The topological polar surface area (TPSA) is 30.7 Å². The van der Waals surface area contributed by atoms with Crippen molar-refractivity contribution in [3.05, 3.63) is 230 Å². The number of fused-ring (bicyclic) bond motifs is 3. The van der Waals surface area contributed by atoms with Crippen molar-refractivity contribution in [3.63, 3.8) is 0 Å². The highest BCUT2D eigenvalue weighted by atomic mass is 15.0. The molecule has 0 bridgehead atoms. The zero-order chi connectivity index (χ0) is 40.5. The van der Waals surface area contributed by atoms with E-state index in [4.69, 9.17) is 9.97 Å². The Kier molecular flexibility index (Phi) is 9.48. The van der Waals surface area contributed by atoms with Crippen molar-refractivity contribution in [2.45, 2.75) is 25.2 Å². The third kappa shape index (κ3) is 6.94. The van der Waals surface area contributed by atoms with Crippen molar-refractivity contribution in [3.8, 4) is 61.7 Å². The summed E-state index contributed by atoms with van der Waals surface area (Å²) in [5.74, 6) is 0.869. The van der Waals surface area contributed by atoms with Crippen LogP contribution in [0, 0.1) is 0 Å². The number of para-hydroxylation sites is 1. The van der Waals surface area contributed by atoms with Gasteiger partial charge < -0.3 is 4.57 Å². The lowest BCUT2D eigenvalue weighted by molar-refractivity contribution is 0.844. The van der Waals surface area contributed by atoms with Gasteiger partial charge in [0.1, 0.15) is 0 Å². The van der Waals surface area contributed by atoms with Crippen molar-refractivity contribution in [2.75, 3.05) is 0 Å². The van der Waals surface area contributed by atoms with Crippen molar-refractivity contribution in [1.29, 1.82) is 0 Å². The summed E-state index contributed by atoms with van der Waals surface area (Å²) in [5.41, 5.74) is 17.0. The van der Waals surface area contributed by atoms with Crippen LogP contribution in [0.15, 0.2) is 218 Å². The number of allylic oxidation sites excluding steroid dienone is 8. The van der Waals surface area contributed by atoms with E-state index < -0.39 is 0 Å². The maximum Gasteiger partial charge on any atom is 0.160 e. The van der Waals surface area contributed by atoms with Gasteiger partial charge in [-0.15, -0.1) is 0 Å². The third-order valence-corrected chi connectivity index (χ3v) is 12.2. The second-order valence-corrected chi connectivity index (χ2v) is 16.0. The predicted molar refractivity (Wildman–Crippen MR) is 256 cm³/mol. The Labute approximate surface area is 357 Å². The molecule has 1 atom stereocenters. The Morgan fingerprint density at radius 1 is 0.459 bits per heavy atom. The number of rotatable bonds is 8. The summed E-state index contributed by atoms with van der Waals surface area (Å²) in [5, 5.41) is 2.47. The van der Waals surface area contributed by atoms with E-state index in [1.807, 2.05) is 0 Å². The van der Waals surface area contributed by atoms with Crippen LogP contribution in [0.5, 0.6) is 0 Å². The zero-order valence-electron chi connectivity index (χ0n) is 33.8. The van der Waals surface area contributed by atoms with Crippen LogP contribution in [0.25, 0.3) is 89.1 Å². The van der Waals surface area contributed by atoms with Gasteiger partial charge in [0.2, 0.25) is 0 Å². The second-order valence-electron chi connectivity index (χ2n) is 16.0. The molecule has 3 nitrogen and oxygen atoms in total. The molecule has 0 aliphatic heterocycles. The molecule has 290 valence electrons. The number of hydrogen-bond donors (Lipinski definition) is 0. The molecule has 0 saturated heterocycles. The molecule has 0 spiro atoms. The number of nitrogens with zero attached hydrogens (tertiary/aromatic N) is 3. The molecule has 2 heterocycles. The quantitative estimate of drug-likeness (QED) is 0.154. The molecule has 2 aliphatic rings. The summed E-state index contributed by atoms with van der Waals surface area (Å²) >= 11 is 0. The van der Waals surface area contributed by atoms with Crippen molar-refractivity contribution in [1.82, 2.24) is 14.5 Å². The van der Waals surface area contributed by atoms with E-state index in [0.717, 1.165) is 64.3 Å². The fourth-order valence-electron chi connectivity index (χ4n) is 9.13. The molecule has 7 aromatic carbocycles. The molecule has 11 rings (SSSR count). The molecule has 9 aromatic rings. The van der Waals surface area contributed by atoms with Gasteiger partial charge in [-0.25, -0.2) is 9.97 Å². The number of hydrogen-bond acceptors (Lipinski definition) is 2. The highest BCUT2D eigenvalue weighted by Gasteiger charge is 2.25. The van der Waals surface area contributed by atoms with Crippen molar-refractivity contribution in [2.24, 2.45) is 0 Å². The van der Waals surface area contributed by atoms with Gasteiger partial charge in [0.15, 0.2) is 5.82 Å². The fourth-order valence-corrected chi connectivity index (χ4v) is 9.13. The lowest BCUT2D eigenvalue weighted by Gasteiger charge is -2.25. The molecule has 61 heavy (non-hydrogen) atoms. The van der Waals surface area contributed by atoms with Gasteiger partial charge in [0, 0.05) is 33.4 Å². The Balaban J connectivity index is 1.16. The maximum absolute atomic E-state index is 5.42. The van der Waals surface area contributed by atoms with Gasteiger partial charge in [0.05, 0.1) is 28.1 Å². The molecule has 0 fully saturated rings. The average Bonchev–Trinajstić information content (AvgIpc) is 3.68. The predicted octanol–water partition coefficient (Wildman–Crippen LogP) is 15.2. The van der Waals surface area contributed by atoms with Gasteiger partial charge in [-0.05, 0) is 94.6 Å². The highest BCUT2D eigenvalue weighted by molar-refractivity contribution is 6.11. The van der Waals surface area contributed by atoms with Crippen LogP contribution in [-0.2, 0) is 0 Å². The van der Waals surface area contributed by atoms with E-state index in [-0.39, 0.29) is 5.92 Å². The molecule has 0 N–H and O–H groups in total. The summed E-state index contributed by atoms with van der Waals surface area (Å²) in [7, 11) is 0. The van der Waals surface area contributed by atoms with Crippen molar-refractivity contribution >= 4 is 27.4 Å². The van der Waals surface area contributed by atoms with Crippen LogP contribution in [-0.4, -0.2) is 14.5 Å². The Morgan fingerprint density at radius 2 is 1.10 bits per heavy atom. The third-order valence-electron chi connectivity index (χ3n) is 12.2. The standard InChI is InChI=1S/C58H43N3/c1-6-18-40(19-7-1)42-30-32-46(33-31-42)58-59-53(45-26-14-5-15-27-45)39-54(60-58)48-37-50(43-22-10-3-11-23-43)57(51(38-48)44-24-12-4-13-25-44)61-55-29-17-16-28-49(55)52-36-47(34-35-56(52)61)41-20-8-2-9-21-41/h1-4,6-14,16-24,26-39,44H,5,15,25H2. The summed E-state index contributed by atoms with van der Waals surface area (Å²) in [4.78, 5) is 10.7. The Hall–Kier alpha value is -7.62. The molecule has 1 unspecified atom stereocenters. The first-order valence-electron chi connectivity index (χ1n) is 21.3. The molecular formula is C58H43N3. The molecule has 0 saturated carbocycles. The van der Waals surface area contributed by atoms with Crippen LogP contribution in [0.1, 0.15) is 36.4 Å². The van der Waals surface area contributed by atoms with Crippen LogP contribution in [0.2, 0.25) is 0 Å². The van der Waals surface area contributed by atoms with Gasteiger partial charge in [-0.2, -0.15) is 0 Å². The SMILES string of the molecule is C1=CCC(c2cc(-c3cc(C4=CCCC=C4)nc(-c4ccc(-c5ccccc5)cc4)n3)cc(-c3ccccc3)c2-n2c3ccccc3c3cc(-c4ccccc4)ccc32)C=C1. The minimum Gasteiger partial charge on any atom is -0.308 e. The molecule has 0 amide bonds. The number of aromatic nitrogens is 3. The second kappa shape index (κ2) is 15.9. The lowest BCUT2D eigenvalue weighted by Crippen LogP contribution is -2.08. The fraction of sp³-hybridized carbons (Fsp3) is 0.0690. The van der Waals surface area contributed by atoms with Crippen LogP contribution in [0.4, 0.5) is 0 Å². The van der Waals surface area contributed by atoms with Crippen LogP contribution in [0.3, 0.4) is 0 Å². The molecular weight excluding hydrogens is 739 g/mol. The minimum atomic E-state index is 0.150. The lowest BCUT2D eigenvalue weighted by atomic mass is 9.85.